The van der Waals surface area contributed by atoms with Gasteiger partial charge in [0.05, 0.1) is 0 Å². The third kappa shape index (κ3) is 45.5. The Bertz CT molecular complexity index is 885. The number of esters is 3. The van der Waals surface area contributed by atoms with Crippen molar-refractivity contribution in [2.75, 3.05) is 13.2 Å². The van der Waals surface area contributed by atoms with Crippen LogP contribution in [0.1, 0.15) is 285 Å². The normalized spacial score (nSPS) is 12.1. The van der Waals surface area contributed by atoms with Crippen LogP contribution in [0.2, 0.25) is 0 Å². The molecule has 1 atom stereocenters. The molecule has 6 heteroatoms. The first-order chi connectivity index (χ1) is 28.2. The Morgan fingerprint density at radius 2 is 0.569 bits per heavy atom. The monoisotopic (exact) mass is 821 g/mol. The molecule has 0 aliphatic rings. The van der Waals surface area contributed by atoms with Gasteiger partial charge in [-0.3, -0.25) is 14.4 Å². The molecule has 0 aromatic rings. The summed E-state index contributed by atoms with van der Waals surface area (Å²) in [6.07, 6.45) is 45.4. The van der Waals surface area contributed by atoms with E-state index < -0.39 is 6.10 Å². The van der Waals surface area contributed by atoms with E-state index in [2.05, 4.69) is 34.6 Å². The van der Waals surface area contributed by atoms with Crippen LogP contribution in [0.15, 0.2) is 0 Å². The molecule has 0 N–H and O–H groups in total. The van der Waals surface area contributed by atoms with Crippen molar-refractivity contribution in [2.24, 2.45) is 11.8 Å². The second kappa shape index (κ2) is 44.9. The molecule has 0 aliphatic heterocycles. The minimum atomic E-state index is -0.762. The number of carbonyl (C=O) groups is 3. The number of hydrogen-bond donors (Lipinski definition) is 0. The summed E-state index contributed by atoms with van der Waals surface area (Å²) in [7, 11) is 0. The zero-order valence-corrected chi connectivity index (χ0v) is 39.7. The van der Waals surface area contributed by atoms with Gasteiger partial charge in [0, 0.05) is 19.3 Å². The van der Waals surface area contributed by atoms with E-state index in [0.717, 1.165) is 69.6 Å². The number of ether oxygens (including phenoxy) is 3. The van der Waals surface area contributed by atoms with Crippen LogP contribution in [-0.4, -0.2) is 37.2 Å². The van der Waals surface area contributed by atoms with Crippen LogP contribution in [0.25, 0.3) is 0 Å². The van der Waals surface area contributed by atoms with Gasteiger partial charge in [-0.05, 0) is 31.1 Å². The largest absolute Gasteiger partial charge is 0.462 e. The molecule has 0 spiro atoms. The molecule has 0 radical (unpaired) electrons. The Morgan fingerprint density at radius 1 is 0.328 bits per heavy atom. The lowest BCUT2D eigenvalue weighted by atomic mass is 10.0. The first-order valence-corrected chi connectivity index (χ1v) is 25.7. The maximum Gasteiger partial charge on any atom is 0.306 e. The highest BCUT2D eigenvalue weighted by molar-refractivity contribution is 5.71. The number of unbranched alkanes of at least 4 members (excludes halogenated alkanes) is 31. The van der Waals surface area contributed by atoms with Gasteiger partial charge >= 0.3 is 17.9 Å². The summed E-state index contributed by atoms with van der Waals surface area (Å²) in [5, 5.41) is 0. The molecule has 344 valence electrons. The van der Waals surface area contributed by atoms with Crippen molar-refractivity contribution in [1.82, 2.24) is 0 Å². The van der Waals surface area contributed by atoms with Crippen molar-refractivity contribution in [1.29, 1.82) is 0 Å². The summed E-state index contributed by atoms with van der Waals surface area (Å²) in [6.45, 7) is 11.3. The predicted molar refractivity (Wildman–Crippen MR) is 247 cm³/mol. The van der Waals surface area contributed by atoms with Gasteiger partial charge < -0.3 is 14.2 Å². The first kappa shape index (κ1) is 56.4. The zero-order chi connectivity index (χ0) is 42.6. The molecule has 0 aromatic heterocycles. The zero-order valence-electron chi connectivity index (χ0n) is 39.7. The summed E-state index contributed by atoms with van der Waals surface area (Å²) in [5.41, 5.74) is 0. The number of carbonyl (C=O) groups excluding carboxylic acids is 3. The van der Waals surface area contributed by atoms with Gasteiger partial charge in [0.1, 0.15) is 13.2 Å². The fraction of sp³-hybridized carbons (Fsp3) is 0.942. The molecule has 0 heterocycles. The minimum Gasteiger partial charge on any atom is -0.462 e. The van der Waals surface area contributed by atoms with E-state index in [1.165, 1.54) is 173 Å². The molecular weight excluding hydrogens is 721 g/mol. The van der Waals surface area contributed by atoms with Gasteiger partial charge in [-0.2, -0.15) is 0 Å². The summed E-state index contributed by atoms with van der Waals surface area (Å²) in [5.74, 6) is 0.723. The van der Waals surface area contributed by atoms with Crippen molar-refractivity contribution < 1.29 is 28.6 Å². The lowest BCUT2D eigenvalue weighted by molar-refractivity contribution is -0.167. The van der Waals surface area contributed by atoms with E-state index in [9.17, 15) is 14.4 Å². The molecule has 0 saturated heterocycles. The molecule has 0 bridgehead atoms. The lowest BCUT2D eigenvalue weighted by Crippen LogP contribution is -2.30. The van der Waals surface area contributed by atoms with Crippen LogP contribution in [0.5, 0.6) is 0 Å². The van der Waals surface area contributed by atoms with Crippen molar-refractivity contribution in [3.05, 3.63) is 0 Å². The lowest BCUT2D eigenvalue weighted by Gasteiger charge is -2.18. The predicted octanol–water partition coefficient (Wildman–Crippen LogP) is 16.5. The molecule has 0 aliphatic carbocycles. The van der Waals surface area contributed by atoms with E-state index in [4.69, 9.17) is 14.2 Å². The molecule has 58 heavy (non-hydrogen) atoms. The topological polar surface area (TPSA) is 78.9 Å². The Kier molecular flexibility index (Phi) is 43.7. The van der Waals surface area contributed by atoms with E-state index >= 15 is 0 Å². The number of hydrogen-bond acceptors (Lipinski definition) is 6. The van der Waals surface area contributed by atoms with Crippen LogP contribution in [0, 0.1) is 11.8 Å². The summed E-state index contributed by atoms with van der Waals surface area (Å²) >= 11 is 0. The molecule has 0 saturated carbocycles. The average Bonchev–Trinajstić information content (AvgIpc) is 3.19. The van der Waals surface area contributed by atoms with Gasteiger partial charge in [-0.1, -0.05) is 247 Å². The van der Waals surface area contributed by atoms with Crippen LogP contribution < -0.4 is 0 Å². The maximum absolute atomic E-state index is 12.8. The van der Waals surface area contributed by atoms with Crippen molar-refractivity contribution in [2.45, 2.75) is 291 Å². The summed E-state index contributed by atoms with van der Waals surface area (Å²) in [6, 6.07) is 0. The molecule has 0 aromatic carbocycles. The number of rotatable bonds is 46. The molecule has 0 rings (SSSR count). The van der Waals surface area contributed by atoms with Gasteiger partial charge in [0.15, 0.2) is 6.10 Å². The van der Waals surface area contributed by atoms with Crippen LogP contribution >= 0.6 is 0 Å². The Morgan fingerprint density at radius 3 is 0.845 bits per heavy atom. The van der Waals surface area contributed by atoms with Crippen LogP contribution in [0.4, 0.5) is 0 Å². The van der Waals surface area contributed by atoms with E-state index in [-0.39, 0.29) is 31.1 Å². The second-order valence-electron chi connectivity index (χ2n) is 18.8. The Balaban J connectivity index is 4.25. The van der Waals surface area contributed by atoms with E-state index in [0.29, 0.717) is 19.3 Å². The Labute approximate surface area is 361 Å². The molecule has 0 fully saturated rings. The average molecular weight is 821 g/mol. The standard InChI is InChI=1S/C52H100O6/c1-6-7-8-9-10-11-12-13-14-15-16-17-18-19-20-21-28-34-39-44-52(55)58-49(46-57-51(54)43-38-33-29-24-26-31-36-41-48(4)5)45-56-50(53)42-37-32-27-23-22-25-30-35-40-47(2)3/h47-49H,6-46H2,1-5H3/t49-/m0/s1. The summed E-state index contributed by atoms with van der Waals surface area (Å²) < 4.78 is 16.8. The molecule has 0 amide bonds. The van der Waals surface area contributed by atoms with Gasteiger partial charge in [0.2, 0.25) is 0 Å². The van der Waals surface area contributed by atoms with Crippen molar-refractivity contribution in [3.8, 4) is 0 Å². The highest BCUT2D eigenvalue weighted by atomic mass is 16.6. The van der Waals surface area contributed by atoms with Gasteiger partial charge in [-0.15, -0.1) is 0 Å². The molecular formula is C52H100O6. The fourth-order valence-electron chi connectivity index (χ4n) is 7.81. The maximum atomic E-state index is 12.8. The van der Waals surface area contributed by atoms with E-state index in [1.54, 1.807) is 0 Å². The molecule has 6 nitrogen and oxygen atoms in total. The second-order valence-corrected chi connectivity index (χ2v) is 18.8. The van der Waals surface area contributed by atoms with Gasteiger partial charge in [0.25, 0.3) is 0 Å². The Hall–Kier alpha value is -1.59. The van der Waals surface area contributed by atoms with Crippen LogP contribution in [-0.2, 0) is 28.6 Å². The van der Waals surface area contributed by atoms with Crippen molar-refractivity contribution in [3.63, 3.8) is 0 Å². The van der Waals surface area contributed by atoms with Crippen LogP contribution in [0.3, 0.4) is 0 Å². The van der Waals surface area contributed by atoms with E-state index in [1.807, 2.05) is 0 Å². The summed E-state index contributed by atoms with van der Waals surface area (Å²) in [4.78, 5) is 37.8. The SMILES string of the molecule is CCCCCCCCCCCCCCCCCCCCCC(=O)O[C@@H](COC(=O)CCCCCCCCCCC(C)C)COC(=O)CCCCCCCCCC(C)C. The highest BCUT2D eigenvalue weighted by Crippen LogP contribution is 2.17. The smallest absolute Gasteiger partial charge is 0.306 e. The van der Waals surface area contributed by atoms with Gasteiger partial charge in [-0.25, -0.2) is 0 Å². The minimum absolute atomic E-state index is 0.0652. The highest BCUT2D eigenvalue weighted by Gasteiger charge is 2.19. The quantitative estimate of drug-likeness (QED) is 0.0346. The first-order valence-electron chi connectivity index (χ1n) is 25.7. The third-order valence-corrected chi connectivity index (χ3v) is 11.7. The van der Waals surface area contributed by atoms with Crippen molar-refractivity contribution >= 4 is 17.9 Å². The molecule has 0 unspecified atom stereocenters. The third-order valence-electron chi connectivity index (χ3n) is 11.7. The fourth-order valence-corrected chi connectivity index (χ4v) is 7.81.